The lowest BCUT2D eigenvalue weighted by Gasteiger charge is -2.32. The zero-order chi connectivity index (χ0) is 32.1. The van der Waals surface area contributed by atoms with Crippen LogP contribution in [0.2, 0.25) is 0 Å². The number of carbonyl (C=O) groups excluding carboxylic acids is 4. The highest BCUT2D eigenvalue weighted by molar-refractivity contribution is 6.52. The zero-order valence-corrected chi connectivity index (χ0v) is 23.9. The van der Waals surface area contributed by atoms with E-state index in [0.29, 0.717) is 16.8 Å². The molecule has 0 aliphatic carbocycles. The summed E-state index contributed by atoms with van der Waals surface area (Å²) in [5.74, 6) is -3.08. The minimum absolute atomic E-state index is 0.0931. The van der Waals surface area contributed by atoms with E-state index in [1.54, 1.807) is 42.7 Å². The van der Waals surface area contributed by atoms with E-state index in [0.717, 1.165) is 41.3 Å². The number of halogens is 3. The van der Waals surface area contributed by atoms with Crippen LogP contribution in [0.15, 0.2) is 103 Å². The van der Waals surface area contributed by atoms with Gasteiger partial charge in [-0.1, -0.05) is 48.5 Å². The van der Waals surface area contributed by atoms with Gasteiger partial charge in [-0.2, -0.15) is 13.2 Å². The molecule has 2 amide bonds. The first kappa shape index (κ1) is 30.9. The Morgan fingerprint density at radius 2 is 1.56 bits per heavy atom. The van der Waals surface area contributed by atoms with Gasteiger partial charge < -0.3 is 14.5 Å². The summed E-state index contributed by atoms with van der Waals surface area (Å²) in [6, 6.07) is 20.2. The van der Waals surface area contributed by atoms with E-state index in [2.05, 4.69) is 4.98 Å². The first-order chi connectivity index (χ1) is 21.6. The molecule has 45 heavy (non-hydrogen) atoms. The molecule has 3 aromatic carbocycles. The fourth-order valence-corrected chi connectivity index (χ4v) is 4.97. The molecular weight excluding hydrogens is 587 g/mol. The maximum Gasteiger partial charge on any atom is 0.416 e. The number of amides is 2. The predicted octanol–water partition coefficient (Wildman–Crippen LogP) is 5.58. The Bertz CT molecular complexity index is 1750. The van der Waals surface area contributed by atoms with Crippen molar-refractivity contribution < 1.29 is 37.1 Å². The van der Waals surface area contributed by atoms with Gasteiger partial charge in [0, 0.05) is 25.0 Å². The molecule has 1 aromatic heterocycles. The van der Waals surface area contributed by atoms with E-state index in [1.165, 1.54) is 29.2 Å². The third-order valence-corrected chi connectivity index (χ3v) is 7.34. The van der Waals surface area contributed by atoms with Crippen LogP contribution in [-0.2, 0) is 31.8 Å². The van der Waals surface area contributed by atoms with Crippen molar-refractivity contribution in [2.24, 2.45) is 0 Å². The van der Waals surface area contributed by atoms with Crippen molar-refractivity contribution in [1.82, 2.24) is 9.88 Å². The summed E-state index contributed by atoms with van der Waals surface area (Å²) in [4.78, 5) is 58.9. The van der Waals surface area contributed by atoms with Crippen LogP contribution >= 0.6 is 0 Å². The van der Waals surface area contributed by atoms with Gasteiger partial charge in [-0.3, -0.25) is 19.4 Å². The number of anilines is 1. The Balaban J connectivity index is 1.48. The molecule has 4 aromatic rings. The molecule has 0 spiro atoms. The van der Waals surface area contributed by atoms with Crippen molar-refractivity contribution in [3.8, 4) is 11.1 Å². The van der Waals surface area contributed by atoms with Crippen molar-refractivity contribution in [1.29, 1.82) is 0 Å². The monoisotopic (exact) mass is 613 g/mol. The van der Waals surface area contributed by atoms with Gasteiger partial charge in [0.1, 0.15) is 6.04 Å². The molecule has 228 valence electrons. The summed E-state index contributed by atoms with van der Waals surface area (Å²) in [5.41, 5.74) is 2.42. The lowest BCUT2D eigenvalue weighted by atomic mass is 10.0. The fraction of sp³-hybridized carbons (Fsp3) is 0.147. The van der Waals surface area contributed by atoms with Crippen molar-refractivity contribution in [2.75, 3.05) is 18.6 Å². The molecule has 1 aliphatic rings. The van der Waals surface area contributed by atoms with E-state index < -0.39 is 41.3 Å². The number of rotatable bonds is 9. The van der Waals surface area contributed by atoms with Crippen molar-refractivity contribution in [2.45, 2.75) is 18.8 Å². The second-order valence-corrected chi connectivity index (χ2v) is 10.2. The molecule has 0 saturated carbocycles. The largest absolute Gasteiger partial charge is 0.467 e. The van der Waals surface area contributed by atoms with Gasteiger partial charge in [0.25, 0.3) is 11.7 Å². The number of benzene rings is 3. The van der Waals surface area contributed by atoms with Crippen LogP contribution in [0, 0.1) is 0 Å². The van der Waals surface area contributed by atoms with E-state index in [1.807, 2.05) is 24.3 Å². The lowest BCUT2D eigenvalue weighted by molar-refractivity contribution is -0.151. The number of hydrogen-bond donors (Lipinski definition) is 0. The predicted molar refractivity (Wildman–Crippen MR) is 160 cm³/mol. The molecule has 1 aliphatic heterocycles. The number of Topliss-reactive ketones (excluding diaryl/α,β-unsaturated/α-hetero) is 1. The number of aromatic nitrogens is 1. The minimum atomic E-state index is -4.51. The van der Waals surface area contributed by atoms with Crippen LogP contribution in [-0.4, -0.2) is 53.1 Å². The lowest BCUT2D eigenvalue weighted by Crippen LogP contribution is -2.52. The average Bonchev–Trinajstić information content (AvgIpc) is 3.30. The van der Waals surface area contributed by atoms with Gasteiger partial charge >= 0.3 is 12.1 Å². The number of fused-ring (bicyclic) bond motifs is 1. The SMILES string of the molecule is COC(=O)C(CN1C(=O)C(=O)c2ccccc21)N(Cc1ccc(-c2ccncc2)cc1)C(=O)C=Cc1ccc(C(F)(F)F)cc1. The van der Waals surface area contributed by atoms with E-state index >= 15 is 0 Å². The molecule has 1 atom stereocenters. The Morgan fingerprint density at radius 1 is 0.911 bits per heavy atom. The molecule has 11 heteroatoms. The zero-order valence-electron chi connectivity index (χ0n) is 23.9. The highest BCUT2D eigenvalue weighted by atomic mass is 19.4. The van der Waals surface area contributed by atoms with Crippen LogP contribution < -0.4 is 4.90 Å². The number of alkyl halides is 3. The molecule has 1 unspecified atom stereocenters. The topological polar surface area (TPSA) is 96.9 Å². The smallest absolute Gasteiger partial charge is 0.416 e. The van der Waals surface area contributed by atoms with Gasteiger partial charge in [0.15, 0.2) is 0 Å². The third-order valence-electron chi connectivity index (χ3n) is 7.34. The third kappa shape index (κ3) is 6.82. The summed E-state index contributed by atoms with van der Waals surface area (Å²) >= 11 is 0. The molecule has 0 N–H and O–H groups in total. The highest BCUT2D eigenvalue weighted by Gasteiger charge is 2.40. The Morgan fingerprint density at radius 3 is 2.20 bits per heavy atom. The fourth-order valence-electron chi connectivity index (χ4n) is 4.97. The second-order valence-electron chi connectivity index (χ2n) is 10.2. The van der Waals surface area contributed by atoms with Crippen molar-refractivity contribution >= 4 is 35.3 Å². The molecule has 0 fully saturated rings. The summed E-state index contributed by atoms with van der Waals surface area (Å²) in [5, 5.41) is 0. The molecule has 0 bridgehead atoms. The van der Waals surface area contributed by atoms with Crippen LogP contribution in [0.3, 0.4) is 0 Å². The summed E-state index contributed by atoms with van der Waals surface area (Å²) in [6.07, 6.45) is 1.28. The molecule has 0 saturated heterocycles. The van der Waals surface area contributed by atoms with Crippen molar-refractivity contribution in [3.05, 3.63) is 126 Å². The Kier molecular flexibility index (Phi) is 8.89. The molecule has 5 rings (SSSR count). The number of para-hydroxylation sites is 1. The van der Waals surface area contributed by atoms with Gasteiger partial charge in [-0.15, -0.1) is 0 Å². The highest BCUT2D eigenvalue weighted by Crippen LogP contribution is 2.31. The minimum Gasteiger partial charge on any atom is -0.467 e. The van der Waals surface area contributed by atoms with Crippen molar-refractivity contribution in [3.63, 3.8) is 0 Å². The van der Waals surface area contributed by atoms with E-state index in [-0.39, 0.29) is 18.7 Å². The standard InChI is InChI=1S/C34H26F3N3O5/c1-45-33(44)29(21-40-28-5-3-2-4-27(28)31(42)32(40)43)39(20-23-6-11-24(12-7-23)25-16-18-38-19-17-25)30(41)15-10-22-8-13-26(14-9-22)34(35,36)37/h2-19,29H,20-21H2,1H3. The van der Waals surface area contributed by atoms with Crippen LogP contribution in [0.5, 0.6) is 0 Å². The molecule has 2 heterocycles. The van der Waals surface area contributed by atoms with Gasteiger partial charge in [0.2, 0.25) is 5.91 Å². The average molecular weight is 614 g/mol. The maximum atomic E-state index is 13.7. The maximum absolute atomic E-state index is 13.7. The summed E-state index contributed by atoms with van der Waals surface area (Å²) < 4.78 is 44.0. The quantitative estimate of drug-likeness (QED) is 0.139. The second kappa shape index (κ2) is 13.0. The summed E-state index contributed by atoms with van der Waals surface area (Å²) in [7, 11) is 1.14. The van der Waals surface area contributed by atoms with E-state index in [9.17, 15) is 32.3 Å². The molecule has 0 radical (unpaired) electrons. The number of hydrogen-bond acceptors (Lipinski definition) is 6. The summed E-state index contributed by atoms with van der Waals surface area (Å²) in [6.45, 7) is -0.465. The van der Waals surface area contributed by atoms with Crippen LogP contribution in [0.4, 0.5) is 18.9 Å². The molecule has 8 nitrogen and oxygen atoms in total. The number of esters is 1. The number of nitrogens with zero attached hydrogens (tertiary/aromatic N) is 3. The Hall–Kier alpha value is -5.58. The number of pyridine rings is 1. The molecular formula is C34H26F3N3O5. The number of ether oxygens (including phenoxy) is 1. The van der Waals surface area contributed by atoms with Crippen LogP contribution in [0.1, 0.15) is 27.0 Å². The van der Waals surface area contributed by atoms with Gasteiger partial charge in [-0.05, 0) is 64.7 Å². The van der Waals surface area contributed by atoms with Crippen LogP contribution in [0.25, 0.3) is 17.2 Å². The van der Waals surface area contributed by atoms with E-state index in [4.69, 9.17) is 4.74 Å². The first-order valence-electron chi connectivity index (χ1n) is 13.7. The normalized spacial score (nSPS) is 13.6. The number of carbonyl (C=O) groups is 4. The van der Waals surface area contributed by atoms with Gasteiger partial charge in [-0.25, -0.2) is 4.79 Å². The Labute approximate surface area is 256 Å². The number of ketones is 1. The van der Waals surface area contributed by atoms with Gasteiger partial charge in [0.05, 0.1) is 30.5 Å². The first-order valence-corrected chi connectivity index (χ1v) is 13.7. The number of methoxy groups -OCH3 is 1.